The maximum absolute atomic E-state index is 13.2. The van der Waals surface area contributed by atoms with Gasteiger partial charge in [0, 0.05) is 42.7 Å². The van der Waals surface area contributed by atoms with Crippen LogP contribution in [-0.4, -0.2) is 69.8 Å². The van der Waals surface area contributed by atoms with Crippen molar-refractivity contribution in [3.63, 3.8) is 0 Å². The number of nitrogens with zero attached hydrogens (tertiary/aromatic N) is 5. The van der Waals surface area contributed by atoms with Gasteiger partial charge in [-0.15, -0.1) is 10.2 Å². The number of halogens is 1. The fraction of sp³-hybridized carbons (Fsp3) is 0.270. The van der Waals surface area contributed by atoms with Gasteiger partial charge in [0.1, 0.15) is 28.5 Å². The van der Waals surface area contributed by atoms with E-state index >= 15 is 0 Å². The predicted molar refractivity (Wildman–Crippen MR) is 190 cm³/mol. The van der Waals surface area contributed by atoms with Crippen LogP contribution in [0.15, 0.2) is 79.1 Å². The molecule has 0 unspecified atom stereocenters. The average molecular weight is 707 g/mol. The highest BCUT2D eigenvalue weighted by molar-refractivity contribution is 6.17. The Morgan fingerprint density at radius 3 is 2.15 bits per heavy atom. The third-order valence-corrected chi connectivity index (χ3v) is 9.27. The number of piperidine rings is 1. The SMILES string of the molecule is COc1cc2c(Oc3ccc(NC(=O)C4(C(=O)Nc5ccc(F)cc5)CC4)cc3)ccnc2cc1NC(=O)c1cnc(N2CCC(CO)CC2)nn1. The predicted octanol–water partition coefficient (Wildman–Crippen LogP) is 5.18. The van der Waals surface area contributed by atoms with Gasteiger partial charge in [0.05, 0.1) is 24.5 Å². The monoisotopic (exact) mass is 706 g/mol. The van der Waals surface area contributed by atoms with Gasteiger partial charge in [-0.25, -0.2) is 9.37 Å². The van der Waals surface area contributed by atoms with Crippen molar-refractivity contribution in [3.05, 3.63) is 90.6 Å². The minimum Gasteiger partial charge on any atom is -0.495 e. The van der Waals surface area contributed by atoms with Crippen LogP contribution < -0.4 is 30.3 Å². The van der Waals surface area contributed by atoms with E-state index in [4.69, 9.17) is 9.47 Å². The van der Waals surface area contributed by atoms with E-state index in [9.17, 15) is 23.9 Å². The summed E-state index contributed by atoms with van der Waals surface area (Å²) in [6.07, 6.45) is 5.43. The van der Waals surface area contributed by atoms with Crippen molar-refractivity contribution >= 4 is 51.6 Å². The first kappa shape index (κ1) is 34.2. The summed E-state index contributed by atoms with van der Waals surface area (Å²) in [5.74, 6) is 0.208. The molecule has 0 atom stereocenters. The Balaban J connectivity index is 0.995. The maximum Gasteiger partial charge on any atom is 0.277 e. The van der Waals surface area contributed by atoms with Crippen LogP contribution in [-0.2, 0) is 9.59 Å². The summed E-state index contributed by atoms with van der Waals surface area (Å²) >= 11 is 0. The van der Waals surface area contributed by atoms with Crippen molar-refractivity contribution in [2.24, 2.45) is 11.3 Å². The summed E-state index contributed by atoms with van der Waals surface area (Å²) in [5, 5.41) is 26.6. The normalized spacial score (nSPS) is 15.1. The number of pyridine rings is 1. The largest absolute Gasteiger partial charge is 0.495 e. The highest BCUT2D eigenvalue weighted by Crippen LogP contribution is 2.47. The lowest BCUT2D eigenvalue weighted by Gasteiger charge is -2.30. The molecule has 266 valence electrons. The number of ether oxygens (including phenoxy) is 2. The number of hydrogen-bond donors (Lipinski definition) is 4. The Hall–Kier alpha value is -6.22. The summed E-state index contributed by atoms with van der Waals surface area (Å²) in [6.45, 7) is 1.58. The van der Waals surface area contributed by atoms with Crippen molar-refractivity contribution < 1.29 is 33.4 Å². The molecule has 1 saturated carbocycles. The van der Waals surface area contributed by atoms with Crippen molar-refractivity contribution in [2.45, 2.75) is 25.7 Å². The van der Waals surface area contributed by atoms with Crippen LogP contribution in [0.1, 0.15) is 36.2 Å². The minimum atomic E-state index is -1.19. The van der Waals surface area contributed by atoms with E-state index in [0.29, 0.717) is 77.1 Å². The Bertz CT molecular complexity index is 2100. The molecule has 1 saturated heterocycles. The number of fused-ring (bicyclic) bond motifs is 1. The molecule has 7 rings (SSSR count). The molecule has 0 spiro atoms. The summed E-state index contributed by atoms with van der Waals surface area (Å²) in [4.78, 5) is 49.9. The Morgan fingerprint density at radius 1 is 0.885 bits per heavy atom. The molecule has 2 fully saturated rings. The number of aromatic nitrogens is 4. The average Bonchev–Trinajstić information content (AvgIpc) is 3.99. The summed E-state index contributed by atoms with van der Waals surface area (Å²) < 4.78 is 25.0. The van der Waals surface area contributed by atoms with Gasteiger partial charge < -0.3 is 35.4 Å². The highest BCUT2D eigenvalue weighted by Gasteiger charge is 2.56. The molecule has 14 nitrogen and oxygen atoms in total. The molecular weight excluding hydrogens is 671 g/mol. The lowest BCUT2D eigenvalue weighted by Crippen LogP contribution is -2.36. The van der Waals surface area contributed by atoms with Crippen molar-refractivity contribution in [2.75, 3.05) is 47.7 Å². The van der Waals surface area contributed by atoms with E-state index in [1.807, 2.05) is 4.90 Å². The molecule has 3 amide bonds. The third-order valence-electron chi connectivity index (χ3n) is 9.27. The van der Waals surface area contributed by atoms with E-state index in [-0.39, 0.29) is 18.2 Å². The minimum absolute atomic E-state index is 0.0291. The molecule has 4 N–H and O–H groups in total. The fourth-order valence-electron chi connectivity index (χ4n) is 5.97. The molecule has 3 heterocycles. The van der Waals surface area contributed by atoms with Crippen LogP contribution in [0.5, 0.6) is 17.2 Å². The highest BCUT2D eigenvalue weighted by atomic mass is 19.1. The molecule has 3 aromatic carbocycles. The molecule has 1 aliphatic heterocycles. The van der Waals surface area contributed by atoms with Crippen LogP contribution in [0.2, 0.25) is 0 Å². The molecule has 5 aromatic rings. The first-order valence-electron chi connectivity index (χ1n) is 16.7. The molecule has 2 aromatic heterocycles. The number of hydrogen-bond acceptors (Lipinski definition) is 11. The summed E-state index contributed by atoms with van der Waals surface area (Å²) in [6, 6.07) is 17.1. The Kier molecular flexibility index (Phi) is 9.59. The van der Waals surface area contributed by atoms with Gasteiger partial charge in [0.25, 0.3) is 5.91 Å². The fourth-order valence-corrected chi connectivity index (χ4v) is 5.97. The van der Waals surface area contributed by atoms with Crippen LogP contribution in [0, 0.1) is 17.2 Å². The quantitative estimate of drug-likeness (QED) is 0.133. The number of methoxy groups -OCH3 is 1. The number of carbonyl (C=O) groups excluding carboxylic acids is 3. The van der Waals surface area contributed by atoms with Crippen molar-refractivity contribution in [1.29, 1.82) is 0 Å². The first-order valence-corrected chi connectivity index (χ1v) is 16.7. The summed E-state index contributed by atoms with van der Waals surface area (Å²) in [7, 11) is 1.48. The molecule has 52 heavy (non-hydrogen) atoms. The lowest BCUT2D eigenvalue weighted by molar-refractivity contribution is -0.131. The Morgan fingerprint density at radius 2 is 1.56 bits per heavy atom. The first-order chi connectivity index (χ1) is 25.2. The third kappa shape index (κ3) is 7.30. The number of amides is 3. The molecule has 0 radical (unpaired) electrons. The van der Waals surface area contributed by atoms with Gasteiger partial charge in [-0.2, -0.15) is 0 Å². The number of rotatable bonds is 11. The number of aliphatic hydroxyl groups is 1. The molecule has 1 aliphatic carbocycles. The van der Waals surface area contributed by atoms with Gasteiger partial charge >= 0.3 is 0 Å². The second-order valence-electron chi connectivity index (χ2n) is 12.7. The summed E-state index contributed by atoms with van der Waals surface area (Å²) in [5.41, 5.74) is 0.622. The second-order valence-corrected chi connectivity index (χ2v) is 12.7. The van der Waals surface area contributed by atoms with Gasteiger partial charge in [-0.1, -0.05) is 0 Å². The van der Waals surface area contributed by atoms with Gasteiger partial charge in [-0.05, 0) is 98.3 Å². The van der Waals surface area contributed by atoms with Gasteiger partial charge in [-0.3, -0.25) is 19.4 Å². The molecule has 15 heteroatoms. The van der Waals surface area contributed by atoms with E-state index in [1.54, 1.807) is 48.7 Å². The topological polar surface area (TPSA) is 181 Å². The number of carbonyl (C=O) groups is 3. The van der Waals surface area contributed by atoms with E-state index in [0.717, 1.165) is 12.8 Å². The lowest BCUT2D eigenvalue weighted by atomic mass is 9.98. The smallest absolute Gasteiger partial charge is 0.277 e. The number of aliphatic hydroxyl groups excluding tert-OH is 1. The standard InChI is InChI=1S/C37H35FN8O6/c1-51-32-18-27-28(19-29(32)43-33(48)30-20-40-36(45-44-30)46-16-11-22(21-47)12-17-46)39-15-10-31(27)52-26-8-6-25(7-9-26)42-35(50)37(13-14-37)34(49)41-24-4-2-23(38)3-5-24/h2-10,15,18-20,22,47H,11-14,16-17,21H2,1H3,(H,41,49)(H,42,50)(H,43,48). The maximum atomic E-state index is 13.2. The van der Waals surface area contributed by atoms with E-state index in [2.05, 4.69) is 36.1 Å². The van der Waals surface area contributed by atoms with Crippen molar-refractivity contribution in [1.82, 2.24) is 20.2 Å². The molecule has 2 aliphatic rings. The second kappa shape index (κ2) is 14.6. The van der Waals surface area contributed by atoms with E-state index in [1.165, 1.54) is 37.6 Å². The zero-order valence-electron chi connectivity index (χ0n) is 28.1. The molecule has 0 bridgehead atoms. The number of nitrogens with one attached hydrogen (secondary N) is 3. The van der Waals surface area contributed by atoms with Crippen molar-refractivity contribution in [3.8, 4) is 17.2 Å². The number of anilines is 4. The number of benzene rings is 3. The van der Waals surface area contributed by atoms with Crippen LogP contribution in [0.3, 0.4) is 0 Å². The van der Waals surface area contributed by atoms with Crippen LogP contribution >= 0.6 is 0 Å². The van der Waals surface area contributed by atoms with Crippen LogP contribution in [0.4, 0.5) is 27.4 Å². The van der Waals surface area contributed by atoms with Crippen LogP contribution in [0.25, 0.3) is 10.9 Å². The zero-order chi connectivity index (χ0) is 36.2. The molecular formula is C37H35FN8O6. The van der Waals surface area contributed by atoms with Gasteiger partial charge in [0.15, 0.2) is 5.69 Å². The van der Waals surface area contributed by atoms with E-state index < -0.39 is 29.0 Å². The Labute approximate surface area is 297 Å². The zero-order valence-corrected chi connectivity index (χ0v) is 28.1. The van der Waals surface area contributed by atoms with Gasteiger partial charge in [0.2, 0.25) is 17.8 Å².